The van der Waals surface area contributed by atoms with E-state index in [1.807, 2.05) is 20.8 Å². The molecule has 90 valence electrons. The lowest BCUT2D eigenvalue weighted by Gasteiger charge is -2.32. The van der Waals surface area contributed by atoms with Gasteiger partial charge in [0, 0.05) is 12.1 Å². The van der Waals surface area contributed by atoms with Crippen LogP contribution in [-0.2, 0) is 10.0 Å². The van der Waals surface area contributed by atoms with E-state index in [2.05, 4.69) is 16.8 Å². The Bertz CT molecular complexity index is 443. The Labute approximate surface area is 96.2 Å². The fraction of sp³-hybridized carbons (Fsp3) is 0.500. The van der Waals surface area contributed by atoms with Crippen LogP contribution in [0.3, 0.4) is 0 Å². The van der Waals surface area contributed by atoms with Crippen molar-refractivity contribution >= 4 is 10.0 Å². The van der Waals surface area contributed by atoms with E-state index in [0.29, 0.717) is 0 Å². The highest BCUT2D eigenvalue weighted by molar-refractivity contribution is 7.89. The molecule has 0 bridgehead atoms. The van der Waals surface area contributed by atoms with Crippen LogP contribution in [0.1, 0.15) is 20.8 Å². The minimum absolute atomic E-state index is 0.101. The molecule has 1 N–H and O–H groups in total. The average Bonchev–Trinajstić information content (AvgIpc) is 2.64. The van der Waals surface area contributed by atoms with Crippen molar-refractivity contribution in [1.29, 1.82) is 0 Å². The topological polar surface area (TPSA) is 66.1 Å². The van der Waals surface area contributed by atoms with Crippen molar-refractivity contribution in [3.63, 3.8) is 0 Å². The lowest BCUT2D eigenvalue weighted by atomic mass is 10.1. The van der Waals surface area contributed by atoms with Crippen molar-refractivity contribution in [2.24, 2.45) is 0 Å². The Kier molecular flexibility index (Phi) is 3.54. The van der Waals surface area contributed by atoms with Crippen LogP contribution < -0.4 is 0 Å². The largest absolute Gasteiger partial charge is 0.266 e. The van der Waals surface area contributed by atoms with Gasteiger partial charge in [-0.2, -0.15) is 9.40 Å². The highest BCUT2D eigenvalue weighted by Gasteiger charge is 2.33. The Morgan fingerprint density at radius 2 is 2.19 bits per heavy atom. The molecule has 0 radical (unpaired) electrons. The monoisotopic (exact) mass is 243 g/mol. The van der Waals surface area contributed by atoms with Gasteiger partial charge in [-0.3, -0.25) is 5.10 Å². The van der Waals surface area contributed by atoms with Gasteiger partial charge in [0.05, 0.1) is 6.20 Å². The number of nitrogens with zero attached hydrogens (tertiary/aromatic N) is 2. The van der Waals surface area contributed by atoms with Crippen LogP contribution in [0.15, 0.2) is 29.9 Å². The molecule has 0 fully saturated rings. The zero-order chi connectivity index (χ0) is 12.4. The molecule has 0 saturated heterocycles. The number of hydrogen-bond donors (Lipinski definition) is 1. The molecule has 0 unspecified atom stereocenters. The van der Waals surface area contributed by atoms with Crippen LogP contribution in [0.2, 0.25) is 0 Å². The Morgan fingerprint density at radius 1 is 1.56 bits per heavy atom. The van der Waals surface area contributed by atoms with Gasteiger partial charge in [0.15, 0.2) is 5.03 Å². The molecular weight excluding hydrogens is 226 g/mol. The van der Waals surface area contributed by atoms with Gasteiger partial charge in [0.2, 0.25) is 0 Å². The molecule has 6 heteroatoms. The molecule has 0 aliphatic carbocycles. The molecule has 0 aliphatic rings. The molecule has 0 aliphatic heterocycles. The zero-order valence-corrected chi connectivity index (χ0v) is 10.6. The summed E-state index contributed by atoms with van der Waals surface area (Å²) in [7, 11) is -3.53. The summed E-state index contributed by atoms with van der Waals surface area (Å²) in [6.07, 6.45) is 2.99. The third kappa shape index (κ3) is 2.51. The fourth-order valence-electron chi connectivity index (χ4n) is 1.36. The molecule has 1 heterocycles. The zero-order valence-electron chi connectivity index (χ0n) is 9.77. The molecule has 16 heavy (non-hydrogen) atoms. The van der Waals surface area contributed by atoms with Gasteiger partial charge in [0.25, 0.3) is 10.0 Å². The predicted octanol–water partition coefficient (Wildman–Crippen LogP) is 1.38. The summed E-state index contributed by atoms with van der Waals surface area (Å²) in [6.45, 7) is 9.36. The van der Waals surface area contributed by atoms with Crippen molar-refractivity contribution in [1.82, 2.24) is 14.5 Å². The lowest BCUT2D eigenvalue weighted by Crippen LogP contribution is -2.45. The van der Waals surface area contributed by atoms with E-state index < -0.39 is 15.6 Å². The first-order chi connectivity index (χ1) is 7.30. The average molecular weight is 243 g/mol. The second kappa shape index (κ2) is 4.39. The summed E-state index contributed by atoms with van der Waals surface area (Å²) in [5, 5.41) is 6.23. The van der Waals surface area contributed by atoms with Crippen LogP contribution in [-0.4, -0.2) is 35.0 Å². The van der Waals surface area contributed by atoms with E-state index >= 15 is 0 Å². The van der Waals surface area contributed by atoms with Crippen LogP contribution in [0.25, 0.3) is 0 Å². The molecule has 1 rings (SSSR count). The maximum atomic E-state index is 12.2. The molecule has 0 spiro atoms. The van der Waals surface area contributed by atoms with Gasteiger partial charge in [-0.05, 0) is 26.8 Å². The summed E-state index contributed by atoms with van der Waals surface area (Å²) >= 11 is 0. The van der Waals surface area contributed by atoms with Gasteiger partial charge in [-0.25, -0.2) is 8.42 Å². The molecule has 5 nitrogen and oxygen atoms in total. The van der Waals surface area contributed by atoms with Crippen molar-refractivity contribution in [3.8, 4) is 0 Å². The summed E-state index contributed by atoms with van der Waals surface area (Å²) in [5.74, 6) is 0. The molecule has 0 atom stereocenters. The van der Waals surface area contributed by atoms with E-state index in [9.17, 15) is 8.42 Å². The van der Waals surface area contributed by atoms with Gasteiger partial charge in [-0.1, -0.05) is 6.08 Å². The number of nitrogens with one attached hydrogen (secondary N) is 1. The maximum absolute atomic E-state index is 12.2. The first-order valence-corrected chi connectivity index (χ1v) is 6.37. The van der Waals surface area contributed by atoms with Gasteiger partial charge in [0.1, 0.15) is 0 Å². The maximum Gasteiger partial charge on any atom is 0.260 e. The van der Waals surface area contributed by atoms with Gasteiger partial charge >= 0.3 is 0 Å². The smallest absolute Gasteiger partial charge is 0.260 e. The van der Waals surface area contributed by atoms with E-state index in [1.165, 1.54) is 16.6 Å². The van der Waals surface area contributed by atoms with E-state index in [1.54, 1.807) is 6.08 Å². The predicted molar refractivity (Wildman–Crippen MR) is 62.4 cm³/mol. The number of rotatable bonds is 4. The second-order valence-electron chi connectivity index (χ2n) is 4.42. The molecule has 1 aromatic rings. The fourth-order valence-corrected chi connectivity index (χ4v) is 3.02. The highest BCUT2D eigenvalue weighted by atomic mass is 32.2. The van der Waals surface area contributed by atoms with E-state index in [-0.39, 0.29) is 11.6 Å². The minimum atomic E-state index is -3.53. The summed E-state index contributed by atoms with van der Waals surface area (Å²) in [5.41, 5.74) is -0.502. The number of hydrogen-bond acceptors (Lipinski definition) is 3. The molecule has 0 aromatic carbocycles. The van der Waals surface area contributed by atoms with Crippen LogP contribution >= 0.6 is 0 Å². The lowest BCUT2D eigenvalue weighted by molar-refractivity contribution is 0.269. The van der Waals surface area contributed by atoms with Crippen molar-refractivity contribution < 1.29 is 8.42 Å². The number of aromatic nitrogens is 2. The van der Waals surface area contributed by atoms with E-state index in [4.69, 9.17) is 0 Å². The number of sulfonamides is 1. The number of aromatic amines is 1. The van der Waals surface area contributed by atoms with Crippen molar-refractivity contribution in [2.45, 2.75) is 31.3 Å². The quantitative estimate of drug-likeness (QED) is 0.812. The third-order valence-electron chi connectivity index (χ3n) is 2.09. The van der Waals surface area contributed by atoms with Crippen LogP contribution in [0, 0.1) is 0 Å². The second-order valence-corrected chi connectivity index (χ2v) is 6.25. The molecule has 0 amide bonds. The van der Waals surface area contributed by atoms with Gasteiger partial charge in [-0.15, -0.1) is 6.58 Å². The normalized spacial score (nSPS) is 13.0. The number of H-pyrrole nitrogens is 1. The minimum Gasteiger partial charge on any atom is -0.266 e. The molecular formula is C10H17N3O2S. The summed E-state index contributed by atoms with van der Waals surface area (Å²) < 4.78 is 25.8. The standard InChI is InChI=1S/C10H17N3O2S/c1-5-8-13(10(2,3)4)16(14,15)9-6-7-11-12-9/h5-7H,1,8H2,2-4H3,(H,11,12). The van der Waals surface area contributed by atoms with Crippen molar-refractivity contribution in [3.05, 3.63) is 24.9 Å². The van der Waals surface area contributed by atoms with Crippen molar-refractivity contribution in [2.75, 3.05) is 6.54 Å². The Hall–Kier alpha value is -1.14. The van der Waals surface area contributed by atoms with E-state index in [0.717, 1.165) is 0 Å². The first kappa shape index (κ1) is 12.9. The Balaban J connectivity index is 3.18. The highest BCUT2D eigenvalue weighted by Crippen LogP contribution is 2.22. The van der Waals surface area contributed by atoms with Crippen LogP contribution in [0.4, 0.5) is 0 Å². The first-order valence-electron chi connectivity index (χ1n) is 4.93. The molecule has 1 aromatic heterocycles. The third-order valence-corrected chi connectivity index (χ3v) is 4.15. The Morgan fingerprint density at radius 3 is 2.56 bits per heavy atom. The molecule has 0 saturated carbocycles. The summed E-state index contributed by atoms with van der Waals surface area (Å²) in [4.78, 5) is 0. The van der Waals surface area contributed by atoms with Crippen LogP contribution in [0.5, 0.6) is 0 Å². The summed E-state index contributed by atoms with van der Waals surface area (Å²) in [6, 6.07) is 1.44. The van der Waals surface area contributed by atoms with Gasteiger partial charge < -0.3 is 0 Å². The SMILES string of the molecule is C=CCN(C(C)(C)C)S(=O)(=O)c1ccn[nH]1.